The van der Waals surface area contributed by atoms with Gasteiger partial charge in [-0.25, -0.2) is 8.42 Å². The predicted octanol–water partition coefficient (Wildman–Crippen LogP) is 5.24. The predicted molar refractivity (Wildman–Crippen MR) is 132 cm³/mol. The van der Waals surface area contributed by atoms with Crippen LogP contribution in [0.25, 0.3) is 10.4 Å². The summed E-state index contributed by atoms with van der Waals surface area (Å²) < 4.78 is 38.9. The molecule has 0 unspecified atom stereocenters. The average molecular weight is 493 g/mol. The molecule has 0 bridgehead atoms. The topological polar surface area (TPSA) is 93.7 Å². The van der Waals surface area contributed by atoms with Gasteiger partial charge in [0, 0.05) is 10.6 Å². The molecule has 9 heteroatoms. The fourth-order valence-electron chi connectivity index (χ4n) is 3.48. The lowest BCUT2D eigenvalue weighted by Gasteiger charge is -2.18. The molecule has 0 aliphatic carbocycles. The van der Waals surface area contributed by atoms with Gasteiger partial charge in [0.15, 0.2) is 11.5 Å². The molecule has 34 heavy (non-hydrogen) atoms. The van der Waals surface area contributed by atoms with Crippen molar-refractivity contribution in [1.29, 1.82) is 0 Å². The number of rotatable bonds is 6. The van der Waals surface area contributed by atoms with Crippen LogP contribution in [0.3, 0.4) is 0 Å². The summed E-state index contributed by atoms with van der Waals surface area (Å²) in [7, 11) is -3.72. The third-order valence-corrected chi connectivity index (χ3v) is 7.61. The molecule has 0 fully saturated rings. The first kappa shape index (κ1) is 22.0. The highest BCUT2D eigenvalue weighted by Crippen LogP contribution is 2.37. The molecule has 2 heterocycles. The Hall–Kier alpha value is -3.82. The highest BCUT2D eigenvalue weighted by atomic mass is 32.2. The van der Waals surface area contributed by atoms with E-state index in [9.17, 15) is 13.2 Å². The van der Waals surface area contributed by atoms with Crippen LogP contribution in [-0.2, 0) is 10.0 Å². The SMILES string of the molecule is O=C(Nc1cccc(NS(=O)(=O)c2ccccc2)c1)c1ccc(-c2ccc3c(c2)OCCO3)s1. The van der Waals surface area contributed by atoms with Crippen LogP contribution < -0.4 is 19.5 Å². The van der Waals surface area contributed by atoms with Gasteiger partial charge in [0.2, 0.25) is 0 Å². The molecule has 7 nitrogen and oxygen atoms in total. The van der Waals surface area contributed by atoms with E-state index in [1.54, 1.807) is 48.5 Å². The number of carbonyl (C=O) groups is 1. The third-order valence-electron chi connectivity index (χ3n) is 5.08. The second-order valence-corrected chi connectivity index (χ2v) is 10.2. The summed E-state index contributed by atoms with van der Waals surface area (Å²) >= 11 is 1.36. The summed E-state index contributed by atoms with van der Waals surface area (Å²) in [5.41, 5.74) is 1.77. The van der Waals surface area contributed by atoms with E-state index in [0.29, 0.717) is 41.0 Å². The second-order valence-electron chi connectivity index (χ2n) is 7.48. The average Bonchev–Trinajstić information content (AvgIpc) is 3.35. The van der Waals surface area contributed by atoms with E-state index < -0.39 is 10.0 Å². The van der Waals surface area contributed by atoms with E-state index in [1.165, 1.54) is 23.5 Å². The minimum Gasteiger partial charge on any atom is -0.486 e. The maximum atomic E-state index is 12.8. The minimum atomic E-state index is -3.72. The number of hydrogen-bond acceptors (Lipinski definition) is 6. The van der Waals surface area contributed by atoms with Crippen molar-refractivity contribution in [1.82, 2.24) is 0 Å². The van der Waals surface area contributed by atoms with Crippen LogP contribution in [0.15, 0.2) is 89.8 Å². The van der Waals surface area contributed by atoms with Gasteiger partial charge in [0.25, 0.3) is 15.9 Å². The Labute approximate surface area is 201 Å². The Balaban J connectivity index is 1.30. The van der Waals surface area contributed by atoms with Gasteiger partial charge < -0.3 is 14.8 Å². The zero-order valence-electron chi connectivity index (χ0n) is 17.9. The summed E-state index contributed by atoms with van der Waals surface area (Å²) in [5.74, 6) is 1.13. The number of anilines is 2. The molecule has 0 saturated carbocycles. The Morgan fingerprint density at radius 1 is 0.794 bits per heavy atom. The summed E-state index contributed by atoms with van der Waals surface area (Å²) in [5, 5.41) is 2.83. The van der Waals surface area contributed by atoms with Crippen LogP contribution in [0.2, 0.25) is 0 Å². The molecule has 1 aliphatic rings. The quantitative estimate of drug-likeness (QED) is 0.384. The molecule has 0 saturated heterocycles. The first-order chi connectivity index (χ1) is 16.5. The van der Waals surface area contributed by atoms with Gasteiger partial charge in [-0.3, -0.25) is 9.52 Å². The molecule has 0 spiro atoms. The number of hydrogen-bond donors (Lipinski definition) is 2. The Bertz CT molecular complexity index is 1450. The molecule has 1 aliphatic heterocycles. The number of benzene rings is 3. The number of ether oxygens (including phenoxy) is 2. The summed E-state index contributed by atoms with van der Waals surface area (Å²) in [6, 6.07) is 24.0. The van der Waals surface area contributed by atoms with Crippen molar-refractivity contribution in [3.05, 3.63) is 89.8 Å². The number of fused-ring (bicyclic) bond motifs is 1. The van der Waals surface area contributed by atoms with Crippen molar-refractivity contribution < 1.29 is 22.7 Å². The van der Waals surface area contributed by atoms with Crippen molar-refractivity contribution in [2.24, 2.45) is 0 Å². The van der Waals surface area contributed by atoms with E-state index in [4.69, 9.17) is 9.47 Å². The van der Waals surface area contributed by atoms with Gasteiger partial charge in [-0.05, 0) is 66.2 Å². The lowest BCUT2D eigenvalue weighted by atomic mass is 10.1. The van der Waals surface area contributed by atoms with Crippen LogP contribution in [0.5, 0.6) is 11.5 Å². The number of thiophene rings is 1. The van der Waals surface area contributed by atoms with Gasteiger partial charge in [0.1, 0.15) is 13.2 Å². The highest BCUT2D eigenvalue weighted by Gasteiger charge is 2.16. The van der Waals surface area contributed by atoms with Gasteiger partial charge in [-0.1, -0.05) is 24.3 Å². The molecule has 5 rings (SSSR count). The lowest BCUT2D eigenvalue weighted by molar-refractivity contribution is 0.103. The largest absolute Gasteiger partial charge is 0.486 e. The molecule has 1 aromatic heterocycles. The number of nitrogens with one attached hydrogen (secondary N) is 2. The van der Waals surface area contributed by atoms with Crippen molar-refractivity contribution in [3.8, 4) is 21.9 Å². The van der Waals surface area contributed by atoms with E-state index >= 15 is 0 Å². The summed E-state index contributed by atoms with van der Waals surface area (Å²) in [4.78, 5) is 14.4. The Morgan fingerprint density at radius 3 is 2.38 bits per heavy atom. The highest BCUT2D eigenvalue weighted by molar-refractivity contribution is 7.92. The number of carbonyl (C=O) groups excluding carboxylic acids is 1. The van der Waals surface area contributed by atoms with Crippen molar-refractivity contribution in [2.75, 3.05) is 23.3 Å². The first-order valence-electron chi connectivity index (χ1n) is 10.5. The Kier molecular flexibility index (Phi) is 5.95. The zero-order chi connectivity index (χ0) is 23.5. The minimum absolute atomic E-state index is 0.162. The second kappa shape index (κ2) is 9.20. The van der Waals surface area contributed by atoms with E-state index in [-0.39, 0.29) is 10.8 Å². The maximum absolute atomic E-state index is 12.8. The van der Waals surface area contributed by atoms with E-state index in [2.05, 4.69) is 10.0 Å². The molecule has 0 radical (unpaired) electrons. The normalized spacial score (nSPS) is 12.7. The molecular weight excluding hydrogens is 472 g/mol. The van der Waals surface area contributed by atoms with Crippen LogP contribution >= 0.6 is 11.3 Å². The third kappa shape index (κ3) is 4.75. The Morgan fingerprint density at radius 2 is 1.56 bits per heavy atom. The molecular formula is C25H20N2O5S2. The van der Waals surface area contributed by atoms with E-state index in [1.807, 2.05) is 24.3 Å². The molecule has 3 aromatic carbocycles. The fraction of sp³-hybridized carbons (Fsp3) is 0.0800. The van der Waals surface area contributed by atoms with E-state index in [0.717, 1.165) is 10.4 Å². The fourth-order valence-corrected chi connectivity index (χ4v) is 5.45. The van der Waals surface area contributed by atoms with Crippen LogP contribution in [-0.4, -0.2) is 27.5 Å². The molecule has 0 atom stereocenters. The summed E-state index contributed by atoms with van der Waals surface area (Å²) in [6.45, 7) is 1.04. The maximum Gasteiger partial charge on any atom is 0.265 e. The van der Waals surface area contributed by atoms with Gasteiger partial charge in [-0.2, -0.15) is 0 Å². The summed E-state index contributed by atoms with van der Waals surface area (Å²) in [6.07, 6.45) is 0. The smallest absolute Gasteiger partial charge is 0.265 e. The van der Waals surface area contributed by atoms with Crippen LogP contribution in [0.1, 0.15) is 9.67 Å². The van der Waals surface area contributed by atoms with Crippen molar-refractivity contribution in [3.63, 3.8) is 0 Å². The lowest BCUT2D eigenvalue weighted by Crippen LogP contribution is -2.15. The molecule has 1 amide bonds. The number of amides is 1. The monoisotopic (exact) mass is 492 g/mol. The standard InChI is InChI=1S/C25H20N2O5S2/c28-25(24-12-11-23(33-24)17-9-10-21-22(15-17)32-14-13-31-21)26-18-5-4-6-19(16-18)27-34(29,30)20-7-2-1-3-8-20/h1-12,15-16,27H,13-14H2,(H,26,28). The van der Waals surface area contributed by atoms with Gasteiger partial charge in [-0.15, -0.1) is 11.3 Å². The molecule has 172 valence electrons. The number of sulfonamides is 1. The van der Waals surface area contributed by atoms with Crippen molar-refractivity contribution >= 4 is 38.6 Å². The van der Waals surface area contributed by atoms with Gasteiger partial charge >= 0.3 is 0 Å². The van der Waals surface area contributed by atoms with Gasteiger partial charge in [0.05, 0.1) is 15.5 Å². The first-order valence-corrected chi connectivity index (χ1v) is 12.8. The zero-order valence-corrected chi connectivity index (χ0v) is 19.5. The van der Waals surface area contributed by atoms with Crippen LogP contribution in [0, 0.1) is 0 Å². The molecule has 2 N–H and O–H groups in total. The van der Waals surface area contributed by atoms with Crippen molar-refractivity contribution in [2.45, 2.75) is 4.90 Å². The molecule has 4 aromatic rings. The van der Waals surface area contributed by atoms with Crippen LogP contribution in [0.4, 0.5) is 11.4 Å².